The predicted molar refractivity (Wildman–Crippen MR) is 131 cm³/mol. The summed E-state index contributed by atoms with van der Waals surface area (Å²) in [6, 6.07) is 13.9. The molecule has 5 aromatic rings. The van der Waals surface area contributed by atoms with Crippen LogP contribution < -0.4 is 10.5 Å². The number of aromatic nitrogens is 6. The number of hydrogen-bond acceptors (Lipinski definition) is 7. The van der Waals surface area contributed by atoms with Crippen LogP contribution in [0.25, 0.3) is 38.0 Å². The number of benzene rings is 1. The molecule has 4 heterocycles. The zero-order valence-electron chi connectivity index (χ0n) is 17.1. The normalized spacial score (nSPS) is 10.6. The fourth-order valence-corrected chi connectivity index (χ4v) is 4.50. The summed E-state index contributed by atoms with van der Waals surface area (Å²) in [5.41, 5.74) is 10.2. The number of halogens is 2. The van der Waals surface area contributed by atoms with Gasteiger partial charge >= 0.3 is 0 Å². The Balaban J connectivity index is 0.00000144. The van der Waals surface area contributed by atoms with E-state index >= 15 is 0 Å². The largest absolute Gasteiger partial charge is 0.492 e. The quantitative estimate of drug-likeness (QED) is 0.366. The average Bonchev–Trinajstić information content (AvgIpc) is 3.50. The number of aromatic amines is 1. The minimum Gasteiger partial charge on any atom is -0.492 e. The third-order valence-corrected chi connectivity index (χ3v) is 5.74. The lowest BCUT2D eigenvalue weighted by atomic mass is 10.1. The van der Waals surface area contributed by atoms with Crippen LogP contribution in [0.4, 0.5) is 0 Å². The second-order valence-corrected chi connectivity index (χ2v) is 7.67. The number of rotatable bonds is 6. The Hall–Kier alpha value is -2.98. The predicted octanol–water partition coefficient (Wildman–Crippen LogP) is 4.40. The highest BCUT2D eigenvalue weighted by molar-refractivity contribution is 7.19. The van der Waals surface area contributed by atoms with Gasteiger partial charge in [-0.05, 0) is 13.0 Å². The van der Waals surface area contributed by atoms with E-state index in [1.165, 1.54) is 0 Å². The van der Waals surface area contributed by atoms with Gasteiger partial charge in [0.2, 0.25) is 0 Å². The van der Waals surface area contributed by atoms with Gasteiger partial charge < -0.3 is 10.5 Å². The van der Waals surface area contributed by atoms with Gasteiger partial charge in [0.15, 0.2) is 5.82 Å². The molecule has 0 aliphatic rings. The Labute approximate surface area is 200 Å². The molecule has 0 unspecified atom stereocenters. The fourth-order valence-electron chi connectivity index (χ4n) is 3.36. The highest BCUT2D eigenvalue weighted by Gasteiger charge is 2.22. The van der Waals surface area contributed by atoms with Gasteiger partial charge in [-0.15, -0.1) is 36.2 Å². The fraction of sp³-hybridized carbons (Fsp3) is 0.143. The standard InChI is InChI=1S/C21H19N7OS.2ClH/c1-13-17(16-11-15(29-10-8-22)7-9-28(16)27-13)21-25-18(14-5-3-2-4-6-14)19(30-21)20-23-12-24-26-20;;/h2-7,9,11-12H,8,10,22H2,1H3,(H,23,24,26);2*1H. The van der Waals surface area contributed by atoms with Crippen LogP contribution in [-0.2, 0) is 0 Å². The summed E-state index contributed by atoms with van der Waals surface area (Å²) in [5, 5.41) is 12.6. The van der Waals surface area contributed by atoms with E-state index in [2.05, 4.69) is 20.3 Å². The summed E-state index contributed by atoms with van der Waals surface area (Å²) in [4.78, 5) is 10.3. The molecule has 166 valence electrons. The zero-order valence-corrected chi connectivity index (χ0v) is 19.5. The summed E-state index contributed by atoms with van der Waals surface area (Å²) in [5.74, 6) is 1.38. The SMILES string of the molecule is Cc1nn2ccc(OCCN)cc2c1-c1nc(-c2ccccc2)c(-c2nc[nH]n2)s1.Cl.Cl. The van der Waals surface area contributed by atoms with Crippen LogP contribution in [0, 0.1) is 6.92 Å². The second kappa shape index (κ2) is 10.1. The van der Waals surface area contributed by atoms with E-state index in [0.717, 1.165) is 43.7 Å². The van der Waals surface area contributed by atoms with Gasteiger partial charge in [-0.1, -0.05) is 30.3 Å². The molecule has 0 aliphatic heterocycles. The summed E-state index contributed by atoms with van der Waals surface area (Å²) < 4.78 is 7.56. The van der Waals surface area contributed by atoms with Crippen molar-refractivity contribution >= 4 is 41.7 Å². The third kappa shape index (κ3) is 4.33. The van der Waals surface area contributed by atoms with Crippen LogP contribution in [-0.4, -0.2) is 42.9 Å². The molecule has 3 N–H and O–H groups in total. The minimum absolute atomic E-state index is 0. The molecule has 0 radical (unpaired) electrons. The first-order valence-electron chi connectivity index (χ1n) is 9.49. The molecule has 0 bridgehead atoms. The van der Waals surface area contributed by atoms with Gasteiger partial charge in [0.1, 0.15) is 28.6 Å². The number of H-pyrrole nitrogens is 1. The van der Waals surface area contributed by atoms with Crippen LogP contribution >= 0.6 is 36.2 Å². The van der Waals surface area contributed by atoms with E-state index in [-0.39, 0.29) is 24.8 Å². The maximum absolute atomic E-state index is 5.71. The molecule has 0 saturated heterocycles. The molecule has 4 aromatic heterocycles. The molecule has 11 heteroatoms. The molecule has 1 aromatic carbocycles. The lowest BCUT2D eigenvalue weighted by Gasteiger charge is -2.05. The maximum atomic E-state index is 5.71. The van der Waals surface area contributed by atoms with Gasteiger partial charge in [-0.25, -0.2) is 14.5 Å². The van der Waals surface area contributed by atoms with Gasteiger partial charge in [0, 0.05) is 24.4 Å². The molecule has 0 fully saturated rings. The molecular formula is C21H21Cl2N7OS. The molecule has 0 atom stereocenters. The van der Waals surface area contributed by atoms with E-state index in [4.69, 9.17) is 15.5 Å². The van der Waals surface area contributed by atoms with Crippen molar-refractivity contribution in [1.29, 1.82) is 0 Å². The number of pyridine rings is 1. The highest BCUT2D eigenvalue weighted by atomic mass is 35.5. The minimum atomic E-state index is 0. The summed E-state index contributed by atoms with van der Waals surface area (Å²) in [6.07, 6.45) is 3.46. The van der Waals surface area contributed by atoms with E-state index in [1.807, 2.05) is 60.1 Å². The van der Waals surface area contributed by atoms with Crippen LogP contribution in [0.3, 0.4) is 0 Å². The monoisotopic (exact) mass is 489 g/mol. The number of aryl methyl sites for hydroxylation is 1. The first-order chi connectivity index (χ1) is 14.7. The second-order valence-electron chi connectivity index (χ2n) is 6.68. The topological polar surface area (TPSA) is 107 Å². The Morgan fingerprint density at radius 3 is 2.69 bits per heavy atom. The van der Waals surface area contributed by atoms with Crippen molar-refractivity contribution in [1.82, 2.24) is 29.8 Å². The van der Waals surface area contributed by atoms with E-state index in [0.29, 0.717) is 19.0 Å². The molecule has 0 amide bonds. The third-order valence-electron chi connectivity index (χ3n) is 4.67. The average molecular weight is 490 g/mol. The van der Waals surface area contributed by atoms with Crippen molar-refractivity contribution in [2.75, 3.05) is 13.2 Å². The van der Waals surface area contributed by atoms with E-state index in [1.54, 1.807) is 17.7 Å². The first kappa shape index (κ1) is 23.7. The number of nitrogens with zero attached hydrogens (tertiary/aromatic N) is 5. The number of ether oxygens (including phenoxy) is 1. The number of thiazole rings is 1. The smallest absolute Gasteiger partial charge is 0.193 e. The van der Waals surface area contributed by atoms with Gasteiger partial charge in [-0.3, -0.25) is 5.10 Å². The van der Waals surface area contributed by atoms with Crippen molar-refractivity contribution in [3.63, 3.8) is 0 Å². The lowest BCUT2D eigenvalue weighted by Crippen LogP contribution is -2.10. The van der Waals surface area contributed by atoms with Gasteiger partial charge in [0.05, 0.1) is 22.5 Å². The zero-order chi connectivity index (χ0) is 20.5. The van der Waals surface area contributed by atoms with Crippen molar-refractivity contribution in [3.05, 3.63) is 60.7 Å². The number of fused-ring (bicyclic) bond motifs is 1. The van der Waals surface area contributed by atoms with Gasteiger partial charge in [-0.2, -0.15) is 10.2 Å². The number of hydrogen-bond donors (Lipinski definition) is 2. The first-order valence-corrected chi connectivity index (χ1v) is 10.3. The number of nitrogens with two attached hydrogens (primary N) is 1. The molecular weight excluding hydrogens is 469 g/mol. The van der Waals surface area contributed by atoms with Crippen molar-refractivity contribution in [2.24, 2.45) is 5.73 Å². The molecule has 32 heavy (non-hydrogen) atoms. The molecule has 8 nitrogen and oxygen atoms in total. The maximum Gasteiger partial charge on any atom is 0.193 e. The van der Waals surface area contributed by atoms with Crippen LogP contribution in [0.15, 0.2) is 55.0 Å². The van der Waals surface area contributed by atoms with Crippen molar-refractivity contribution in [2.45, 2.75) is 6.92 Å². The Kier molecular flexibility index (Phi) is 7.47. The summed E-state index contributed by atoms with van der Waals surface area (Å²) >= 11 is 1.55. The summed E-state index contributed by atoms with van der Waals surface area (Å²) in [7, 11) is 0. The highest BCUT2D eigenvalue weighted by Crippen LogP contribution is 2.41. The Bertz CT molecular complexity index is 1300. The van der Waals surface area contributed by atoms with E-state index in [9.17, 15) is 0 Å². The van der Waals surface area contributed by atoms with Crippen LogP contribution in [0.1, 0.15) is 5.69 Å². The molecule has 0 spiro atoms. The summed E-state index contributed by atoms with van der Waals surface area (Å²) in [6.45, 7) is 2.91. The van der Waals surface area contributed by atoms with Crippen LogP contribution in [0.2, 0.25) is 0 Å². The number of nitrogens with one attached hydrogen (secondary N) is 1. The van der Waals surface area contributed by atoms with Crippen molar-refractivity contribution in [3.8, 4) is 38.3 Å². The van der Waals surface area contributed by atoms with Crippen molar-refractivity contribution < 1.29 is 4.74 Å². The Morgan fingerprint density at radius 1 is 1.16 bits per heavy atom. The van der Waals surface area contributed by atoms with E-state index < -0.39 is 0 Å². The van der Waals surface area contributed by atoms with Crippen LogP contribution in [0.5, 0.6) is 5.75 Å². The lowest BCUT2D eigenvalue weighted by molar-refractivity contribution is 0.328. The molecule has 5 rings (SSSR count). The molecule has 0 saturated carbocycles. The van der Waals surface area contributed by atoms with Gasteiger partial charge in [0.25, 0.3) is 0 Å². The Morgan fingerprint density at radius 2 is 1.97 bits per heavy atom. The molecule has 0 aliphatic carbocycles.